The number of rotatable bonds is 8. The first-order valence-corrected chi connectivity index (χ1v) is 7.38. The number of para-hydroxylation sites is 1. The van der Waals surface area contributed by atoms with Crippen molar-refractivity contribution >= 4 is 17.3 Å². The highest BCUT2D eigenvalue weighted by molar-refractivity contribution is 7.07. The second-order valence-electron chi connectivity index (χ2n) is 4.28. The van der Waals surface area contributed by atoms with Crippen LogP contribution in [0.3, 0.4) is 0 Å². The number of hydrogen-bond acceptors (Lipinski definition) is 4. The predicted molar refractivity (Wildman–Crippen MR) is 79.8 cm³/mol. The van der Waals surface area contributed by atoms with E-state index >= 15 is 0 Å². The molecule has 0 atom stereocenters. The van der Waals surface area contributed by atoms with Crippen LogP contribution in [0, 0.1) is 0 Å². The zero-order chi connectivity index (χ0) is 14.2. The maximum Gasteiger partial charge on any atom is 0.339 e. The van der Waals surface area contributed by atoms with Gasteiger partial charge in [0.2, 0.25) is 0 Å². The Morgan fingerprint density at radius 3 is 2.85 bits per heavy atom. The minimum Gasteiger partial charge on any atom is -0.491 e. The molecule has 0 bridgehead atoms. The molecule has 0 spiro atoms. The van der Waals surface area contributed by atoms with E-state index in [4.69, 9.17) is 9.84 Å². The Morgan fingerprint density at radius 1 is 1.25 bits per heavy atom. The smallest absolute Gasteiger partial charge is 0.339 e. The Kier molecular flexibility index (Phi) is 5.58. The fourth-order valence-corrected chi connectivity index (χ4v) is 2.50. The quantitative estimate of drug-likeness (QED) is 0.734. The van der Waals surface area contributed by atoms with E-state index < -0.39 is 5.97 Å². The van der Waals surface area contributed by atoms with Gasteiger partial charge in [-0.3, -0.25) is 0 Å². The number of ether oxygens (including phenoxy) is 1. The van der Waals surface area contributed by atoms with Crippen LogP contribution in [0.4, 0.5) is 0 Å². The van der Waals surface area contributed by atoms with E-state index in [0.717, 1.165) is 13.0 Å². The molecule has 0 unspecified atom stereocenters. The molecule has 0 aliphatic rings. The topological polar surface area (TPSA) is 58.6 Å². The van der Waals surface area contributed by atoms with Crippen molar-refractivity contribution in [3.63, 3.8) is 0 Å². The summed E-state index contributed by atoms with van der Waals surface area (Å²) in [5, 5.41) is 16.5. The average Bonchev–Trinajstić information content (AvgIpc) is 2.96. The molecule has 0 aliphatic carbocycles. The standard InChI is InChI=1S/C15H17NO3S/c17-15(18)13-3-1-2-4-14(13)19-9-8-16-7-5-12-6-10-20-11-12/h1-4,6,10-11,16H,5,7-9H2,(H,17,18). The van der Waals surface area contributed by atoms with E-state index in [0.29, 0.717) is 18.9 Å². The van der Waals surface area contributed by atoms with Crippen molar-refractivity contribution in [1.82, 2.24) is 5.32 Å². The lowest BCUT2D eigenvalue weighted by Crippen LogP contribution is -2.23. The van der Waals surface area contributed by atoms with Gasteiger partial charge < -0.3 is 15.2 Å². The summed E-state index contributed by atoms with van der Waals surface area (Å²) in [6.45, 7) is 2.03. The number of benzene rings is 1. The molecule has 2 aromatic rings. The summed E-state index contributed by atoms with van der Waals surface area (Å²) < 4.78 is 5.49. The monoisotopic (exact) mass is 291 g/mol. The molecular formula is C15H17NO3S. The van der Waals surface area contributed by atoms with Gasteiger partial charge in [0.25, 0.3) is 0 Å². The largest absolute Gasteiger partial charge is 0.491 e. The van der Waals surface area contributed by atoms with Crippen molar-refractivity contribution in [3.8, 4) is 5.75 Å². The summed E-state index contributed by atoms with van der Waals surface area (Å²) in [6.07, 6.45) is 0.995. The molecule has 1 heterocycles. The van der Waals surface area contributed by atoms with Crippen molar-refractivity contribution in [2.24, 2.45) is 0 Å². The van der Waals surface area contributed by atoms with E-state index in [1.165, 1.54) is 5.56 Å². The first-order chi connectivity index (χ1) is 9.77. The fourth-order valence-electron chi connectivity index (χ4n) is 1.79. The summed E-state index contributed by atoms with van der Waals surface area (Å²) in [7, 11) is 0. The molecule has 1 aromatic carbocycles. The summed E-state index contributed by atoms with van der Waals surface area (Å²) in [5.74, 6) is -0.550. The Morgan fingerprint density at radius 2 is 2.10 bits per heavy atom. The molecule has 4 nitrogen and oxygen atoms in total. The molecular weight excluding hydrogens is 274 g/mol. The number of aromatic carboxylic acids is 1. The zero-order valence-corrected chi connectivity index (χ0v) is 11.9. The zero-order valence-electron chi connectivity index (χ0n) is 11.0. The lowest BCUT2D eigenvalue weighted by atomic mass is 10.2. The minimum atomic E-state index is -0.967. The molecule has 0 saturated heterocycles. The van der Waals surface area contributed by atoms with Crippen LogP contribution in [0.5, 0.6) is 5.75 Å². The summed E-state index contributed by atoms with van der Waals surface area (Å²) in [5.41, 5.74) is 1.53. The van der Waals surface area contributed by atoms with E-state index in [2.05, 4.69) is 22.1 Å². The van der Waals surface area contributed by atoms with Crippen molar-refractivity contribution in [2.75, 3.05) is 19.7 Å². The highest BCUT2D eigenvalue weighted by atomic mass is 32.1. The van der Waals surface area contributed by atoms with Crippen LogP contribution in [0.1, 0.15) is 15.9 Å². The predicted octanol–water partition coefficient (Wildman–Crippen LogP) is 2.66. The molecule has 0 aliphatic heterocycles. The van der Waals surface area contributed by atoms with Crippen LogP contribution >= 0.6 is 11.3 Å². The van der Waals surface area contributed by atoms with E-state index in [1.54, 1.807) is 35.6 Å². The van der Waals surface area contributed by atoms with Crippen LogP contribution < -0.4 is 10.1 Å². The van der Waals surface area contributed by atoms with Crippen molar-refractivity contribution in [3.05, 3.63) is 52.2 Å². The van der Waals surface area contributed by atoms with Gasteiger partial charge in [0.05, 0.1) is 0 Å². The molecule has 0 fully saturated rings. The maximum absolute atomic E-state index is 11.0. The maximum atomic E-state index is 11.0. The van der Waals surface area contributed by atoms with Crippen molar-refractivity contribution in [2.45, 2.75) is 6.42 Å². The normalized spacial score (nSPS) is 10.4. The lowest BCUT2D eigenvalue weighted by Gasteiger charge is -2.09. The minimum absolute atomic E-state index is 0.200. The third-order valence-corrected chi connectivity index (χ3v) is 3.56. The second-order valence-corrected chi connectivity index (χ2v) is 5.06. The average molecular weight is 291 g/mol. The van der Waals surface area contributed by atoms with Crippen LogP contribution in [0.2, 0.25) is 0 Å². The van der Waals surface area contributed by atoms with Gasteiger partial charge in [-0.05, 0) is 47.5 Å². The highest BCUT2D eigenvalue weighted by Crippen LogP contribution is 2.17. The number of carbonyl (C=O) groups is 1. The first-order valence-electron chi connectivity index (χ1n) is 6.44. The molecule has 1 aromatic heterocycles. The third kappa shape index (κ3) is 4.36. The molecule has 106 valence electrons. The van der Waals surface area contributed by atoms with Gasteiger partial charge in [0.15, 0.2) is 0 Å². The van der Waals surface area contributed by atoms with E-state index in [1.807, 2.05) is 0 Å². The van der Waals surface area contributed by atoms with Gasteiger partial charge in [-0.2, -0.15) is 11.3 Å². The van der Waals surface area contributed by atoms with Crippen LogP contribution in [0.15, 0.2) is 41.1 Å². The lowest BCUT2D eigenvalue weighted by molar-refractivity contribution is 0.0692. The molecule has 5 heteroatoms. The highest BCUT2D eigenvalue weighted by Gasteiger charge is 2.09. The molecule has 0 saturated carbocycles. The van der Waals surface area contributed by atoms with Gasteiger partial charge in [-0.1, -0.05) is 12.1 Å². The fraction of sp³-hybridized carbons (Fsp3) is 0.267. The first kappa shape index (κ1) is 14.6. The van der Waals surface area contributed by atoms with Gasteiger partial charge in [0.1, 0.15) is 17.9 Å². The van der Waals surface area contributed by atoms with Crippen LogP contribution in [0.25, 0.3) is 0 Å². The molecule has 0 radical (unpaired) electrons. The van der Waals surface area contributed by atoms with Gasteiger partial charge >= 0.3 is 5.97 Å². The molecule has 20 heavy (non-hydrogen) atoms. The molecule has 2 N–H and O–H groups in total. The summed E-state index contributed by atoms with van der Waals surface area (Å²) >= 11 is 1.70. The third-order valence-electron chi connectivity index (χ3n) is 2.82. The van der Waals surface area contributed by atoms with Crippen LogP contribution in [-0.2, 0) is 6.42 Å². The summed E-state index contributed by atoms with van der Waals surface area (Å²) in [6, 6.07) is 8.80. The second kappa shape index (κ2) is 7.67. The number of thiophene rings is 1. The number of nitrogens with one attached hydrogen (secondary N) is 1. The Hall–Kier alpha value is -1.85. The van der Waals surface area contributed by atoms with Gasteiger partial charge in [-0.25, -0.2) is 4.79 Å². The Balaban J connectivity index is 1.67. The van der Waals surface area contributed by atoms with Gasteiger partial charge in [-0.15, -0.1) is 0 Å². The number of carboxylic acid groups (broad SMARTS) is 1. The Labute approximate surface area is 122 Å². The van der Waals surface area contributed by atoms with Crippen molar-refractivity contribution in [1.29, 1.82) is 0 Å². The number of hydrogen-bond donors (Lipinski definition) is 2. The van der Waals surface area contributed by atoms with Gasteiger partial charge in [0, 0.05) is 6.54 Å². The molecule has 0 amide bonds. The van der Waals surface area contributed by atoms with E-state index in [9.17, 15) is 4.79 Å². The molecule has 2 rings (SSSR count). The number of carboxylic acids is 1. The Bertz CT molecular complexity index is 540. The summed E-state index contributed by atoms with van der Waals surface area (Å²) in [4.78, 5) is 11.0. The van der Waals surface area contributed by atoms with Crippen LogP contribution in [-0.4, -0.2) is 30.8 Å². The SMILES string of the molecule is O=C(O)c1ccccc1OCCNCCc1ccsc1. The van der Waals surface area contributed by atoms with Crippen molar-refractivity contribution < 1.29 is 14.6 Å². The van der Waals surface area contributed by atoms with E-state index in [-0.39, 0.29) is 5.56 Å².